The summed E-state index contributed by atoms with van der Waals surface area (Å²) in [6.07, 6.45) is 8.34. The van der Waals surface area contributed by atoms with E-state index in [9.17, 15) is 0 Å². The van der Waals surface area contributed by atoms with Gasteiger partial charge >= 0.3 is 0 Å². The predicted molar refractivity (Wildman–Crippen MR) is 91.4 cm³/mol. The van der Waals surface area contributed by atoms with Crippen LogP contribution in [-0.2, 0) is 0 Å². The molecular weight excluding hydrogens is 345 g/mol. The highest BCUT2D eigenvalue weighted by molar-refractivity contribution is 14.1. The lowest BCUT2D eigenvalue weighted by Crippen LogP contribution is -2.35. The molecule has 1 saturated carbocycles. The Bertz CT molecular complexity index is 365. The molecule has 1 aliphatic rings. The van der Waals surface area contributed by atoms with E-state index < -0.39 is 0 Å². The van der Waals surface area contributed by atoms with Crippen LogP contribution in [0.5, 0.6) is 0 Å². The molecule has 0 aromatic heterocycles. The number of nitrogens with one attached hydrogen (secondary N) is 1. The summed E-state index contributed by atoms with van der Waals surface area (Å²) in [6, 6.07) is 10.1. The van der Waals surface area contributed by atoms with E-state index in [1.807, 2.05) is 0 Å². The summed E-state index contributed by atoms with van der Waals surface area (Å²) in [6.45, 7) is 4.60. The number of hydrogen-bond donors (Lipinski definition) is 1. The zero-order valence-electron chi connectivity index (χ0n) is 12.2. The number of hydrogen-bond acceptors (Lipinski definition) is 1. The molecule has 1 aromatic rings. The molecule has 106 valence electrons. The van der Waals surface area contributed by atoms with Gasteiger partial charge in [0.05, 0.1) is 0 Å². The van der Waals surface area contributed by atoms with E-state index in [1.54, 1.807) is 0 Å². The van der Waals surface area contributed by atoms with E-state index >= 15 is 0 Å². The lowest BCUT2D eigenvalue weighted by Gasteiger charge is -2.31. The lowest BCUT2D eigenvalue weighted by molar-refractivity contribution is 0.266. The second-order valence-corrected chi connectivity index (χ2v) is 7.19. The van der Waals surface area contributed by atoms with E-state index in [0.29, 0.717) is 6.04 Å². The van der Waals surface area contributed by atoms with Crippen molar-refractivity contribution in [3.8, 4) is 0 Å². The third kappa shape index (κ3) is 4.75. The fourth-order valence-electron chi connectivity index (χ4n) is 3.23. The third-order valence-electron chi connectivity index (χ3n) is 4.40. The van der Waals surface area contributed by atoms with E-state index in [2.05, 4.69) is 66.0 Å². The van der Waals surface area contributed by atoms with Crippen molar-refractivity contribution in [2.24, 2.45) is 5.92 Å². The second-order valence-electron chi connectivity index (χ2n) is 5.95. The maximum Gasteiger partial charge on any atom is 0.0294 e. The maximum atomic E-state index is 3.81. The summed E-state index contributed by atoms with van der Waals surface area (Å²) < 4.78 is 1.31. The monoisotopic (exact) mass is 371 g/mol. The molecule has 2 rings (SSSR count). The Kier molecular flexibility index (Phi) is 6.14. The van der Waals surface area contributed by atoms with Gasteiger partial charge in [-0.2, -0.15) is 0 Å². The summed E-state index contributed by atoms with van der Waals surface area (Å²) in [4.78, 5) is 0. The number of rotatable bonds is 5. The van der Waals surface area contributed by atoms with E-state index in [4.69, 9.17) is 0 Å². The summed E-state index contributed by atoms with van der Waals surface area (Å²) in [7, 11) is 0. The van der Waals surface area contributed by atoms with Gasteiger partial charge in [-0.25, -0.2) is 0 Å². The summed E-state index contributed by atoms with van der Waals surface area (Å²) in [5.41, 5.74) is 1.41. The molecule has 1 fully saturated rings. The molecule has 0 radical (unpaired) electrons. The molecule has 1 unspecified atom stereocenters. The van der Waals surface area contributed by atoms with Crippen molar-refractivity contribution in [1.29, 1.82) is 0 Å². The van der Waals surface area contributed by atoms with Gasteiger partial charge in [-0.05, 0) is 78.8 Å². The second kappa shape index (κ2) is 7.63. The van der Waals surface area contributed by atoms with Crippen LogP contribution in [0.3, 0.4) is 0 Å². The first-order valence-corrected chi connectivity index (χ1v) is 8.78. The van der Waals surface area contributed by atoms with Gasteiger partial charge in [0.1, 0.15) is 0 Å². The van der Waals surface area contributed by atoms with Gasteiger partial charge in [0.15, 0.2) is 0 Å². The number of halogens is 1. The molecule has 0 saturated heterocycles. The summed E-state index contributed by atoms with van der Waals surface area (Å²) in [5, 5.41) is 3.81. The molecule has 0 spiro atoms. The Morgan fingerprint density at radius 3 is 2.37 bits per heavy atom. The summed E-state index contributed by atoms with van der Waals surface area (Å²) in [5.74, 6) is 0.997. The molecule has 1 nitrogen and oxygen atoms in total. The Hall–Kier alpha value is -0.0900. The van der Waals surface area contributed by atoms with E-state index in [0.717, 1.165) is 12.0 Å². The van der Waals surface area contributed by atoms with Crippen molar-refractivity contribution in [2.75, 3.05) is 0 Å². The van der Waals surface area contributed by atoms with Crippen LogP contribution in [0, 0.1) is 9.49 Å². The molecule has 19 heavy (non-hydrogen) atoms. The van der Waals surface area contributed by atoms with Gasteiger partial charge in [-0.3, -0.25) is 0 Å². The Balaban J connectivity index is 1.80. The average molecular weight is 371 g/mol. The Labute approximate surface area is 131 Å². The van der Waals surface area contributed by atoms with Crippen LogP contribution in [0.4, 0.5) is 0 Å². The van der Waals surface area contributed by atoms with Crippen LogP contribution >= 0.6 is 22.6 Å². The van der Waals surface area contributed by atoms with Gasteiger partial charge in [0, 0.05) is 15.7 Å². The van der Waals surface area contributed by atoms with Crippen molar-refractivity contribution in [3.63, 3.8) is 0 Å². The van der Waals surface area contributed by atoms with E-state index in [1.165, 1.54) is 47.7 Å². The SMILES string of the molecule is CCCC1CCC(NC(C)c2ccc(I)cc2)CC1. The van der Waals surface area contributed by atoms with Crippen LogP contribution in [0.2, 0.25) is 0 Å². The highest BCUT2D eigenvalue weighted by Crippen LogP contribution is 2.29. The largest absolute Gasteiger partial charge is 0.307 e. The lowest BCUT2D eigenvalue weighted by atomic mass is 9.83. The highest BCUT2D eigenvalue weighted by Gasteiger charge is 2.21. The van der Waals surface area contributed by atoms with Gasteiger partial charge in [-0.15, -0.1) is 0 Å². The smallest absolute Gasteiger partial charge is 0.0294 e. The van der Waals surface area contributed by atoms with Gasteiger partial charge < -0.3 is 5.32 Å². The van der Waals surface area contributed by atoms with Crippen molar-refractivity contribution < 1.29 is 0 Å². The fourth-order valence-corrected chi connectivity index (χ4v) is 3.59. The molecule has 1 aromatic carbocycles. The minimum Gasteiger partial charge on any atom is -0.307 e. The van der Waals surface area contributed by atoms with Crippen molar-refractivity contribution in [3.05, 3.63) is 33.4 Å². The first kappa shape index (κ1) is 15.3. The topological polar surface area (TPSA) is 12.0 Å². The van der Waals surface area contributed by atoms with Crippen molar-refractivity contribution >= 4 is 22.6 Å². The molecular formula is C17H26IN. The van der Waals surface area contributed by atoms with Gasteiger partial charge in [-0.1, -0.05) is 31.9 Å². The third-order valence-corrected chi connectivity index (χ3v) is 5.12. The minimum atomic E-state index is 0.477. The normalized spacial score (nSPS) is 25.2. The van der Waals surface area contributed by atoms with Crippen LogP contribution < -0.4 is 5.32 Å². The molecule has 1 atom stereocenters. The predicted octanol–water partition coefficient (Wildman–Crippen LogP) is 5.30. The van der Waals surface area contributed by atoms with Crippen LogP contribution in [0.25, 0.3) is 0 Å². The maximum absolute atomic E-state index is 3.81. The fraction of sp³-hybridized carbons (Fsp3) is 0.647. The molecule has 0 bridgehead atoms. The Morgan fingerprint density at radius 2 is 1.79 bits per heavy atom. The summed E-state index contributed by atoms with van der Waals surface area (Å²) >= 11 is 2.36. The van der Waals surface area contributed by atoms with E-state index in [-0.39, 0.29) is 0 Å². The van der Waals surface area contributed by atoms with Crippen molar-refractivity contribution in [1.82, 2.24) is 5.32 Å². The molecule has 1 N–H and O–H groups in total. The Morgan fingerprint density at radius 1 is 1.16 bits per heavy atom. The molecule has 1 aliphatic carbocycles. The van der Waals surface area contributed by atoms with Crippen LogP contribution in [0.15, 0.2) is 24.3 Å². The highest BCUT2D eigenvalue weighted by atomic mass is 127. The number of benzene rings is 1. The molecule has 0 heterocycles. The van der Waals surface area contributed by atoms with Crippen molar-refractivity contribution in [2.45, 2.75) is 64.5 Å². The molecule has 2 heteroatoms. The van der Waals surface area contributed by atoms with Gasteiger partial charge in [0.2, 0.25) is 0 Å². The molecule has 0 aliphatic heterocycles. The molecule has 0 amide bonds. The van der Waals surface area contributed by atoms with Gasteiger partial charge in [0.25, 0.3) is 0 Å². The average Bonchev–Trinajstić information content (AvgIpc) is 2.42. The standard InChI is InChI=1S/C17H26IN/c1-3-4-14-5-11-17(12-6-14)19-13(2)15-7-9-16(18)10-8-15/h7-10,13-14,17,19H,3-6,11-12H2,1-2H3. The minimum absolute atomic E-state index is 0.477. The first-order chi connectivity index (χ1) is 9.19. The van der Waals surface area contributed by atoms with Crippen LogP contribution in [0.1, 0.15) is 64.0 Å². The quantitative estimate of drug-likeness (QED) is 0.693. The zero-order chi connectivity index (χ0) is 13.7. The zero-order valence-corrected chi connectivity index (χ0v) is 14.3. The first-order valence-electron chi connectivity index (χ1n) is 7.70. The van der Waals surface area contributed by atoms with Crippen LogP contribution in [-0.4, -0.2) is 6.04 Å².